The highest BCUT2D eigenvalue weighted by molar-refractivity contribution is 5.83. The normalized spacial score (nSPS) is 23.5. The Morgan fingerprint density at radius 1 is 0.440 bits per heavy atom. The molecule has 0 bridgehead atoms. The van der Waals surface area contributed by atoms with Crippen LogP contribution < -0.4 is 9.47 Å². The van der Waals surface area contributed by atoms with Crippen molar-refractivity contribution in [1.82, 2.24) is 0 Å². The molecule has 0 radical (unpaired) electrons. The van der Waals surface area contributed by atoms with Crippen molar-refractivity contribution in [2.24, 2.45) is 11.8 Å². The molecule has 0 spiro atoms. The zero-order chi connectivity index (χ0) is 33.9. The molecule has 4 aliphatic rings. The van der Waals surface area contributed by atoms with Crippen LogP contribution in [0.3, 0.4) is 0 Å². The highest BCUT2D eigenvalue weighted by atomic mass is 16.5. The lowest BCUT2D eigenvalue weighted by atomic mass is 9.79. The summed E-state index contributed by atoms with van der Waals surface area (Å²) in [7, 11) is 0. The van der Waals surface area contributed by atoms with Gasteiger partial charge in [-0.3, -0.25) is 0 Å². The van der Waals surface area contributed by atoms with Gasteiger partial charge in [-0.05, 0) is 157 Å². The molecule has 2 saturated carbocycles. The summed E-state index contributed by atoms with van der Waals surface area (Å²) in [5.41, 5.74) is 14.1. The minimum absolute atomic E-state index is 0.589. The first kappa shape index (κ1) is 33.6. The molecular formula is C48H58O2. The first-order valence-electron chi connectivity index (χ1n) is 20.3. The summed E-state index contributed by atoms with van der Waals surface area (Å²) < 4.78 is 13.7. The van der Waals surface area contributed by atoms with Gasteiger partial charge in [0.1, 0.15) is 24.7 Å². The van der Waals surface area contributed by atoms with Crippen LogP contribution >= 0.6 is 0 Å². The number of hydrogen-bond acceptors (Lipinski definition) is 2. The molecule has 0 aromatic heterocycles. The van der Waals surface area contributed by atoms with E-state index >= 15 is 0 Å². The molecule has 2 heteroatoms. The average molecular weight is 667 g/mol. The van der Waals surface area contributed by atoms with Crippen molar-refractivity contribution < 1.29 is 9.47 Å². The van der Waals surface area contributed by atoms with Gasteiger partial charge in [0.05, 0.1) is 0 Å². The van der Waals surface area contributed by atoms with Crippen molar-refractivity contribution in [1.29, 1.82) is 0 Å². The van der Waals surface area contributed by atoms with E-state index < -0.39 is 0 Å². The molecule has 2 fully saturated rings. The first-order valence-corrected chi connectivity index (χ1v) is 20.3. The van der Waals surface area contributed by atoms with E-state index in [4.69, 9.17) is 9.47 Å². The average Bonchev–Trinajstić information content (AvgIpc) is 3.17. The van der Waals surface area contributed by atoms with Crippen molar-refractivity contribution >= 4 is 0 Å². The Kier molecular flexibility index (Phi) is 10.3. The van der Waals surface area contributed by atoms with Crippen LogP contribution in [-0.4, -0.2) is 0 Å². The highest BCUT2D eigenvalue weighted by Gasteiger charge is 2.27. The van der Waals surface area contributed by atoms with Crippen LogP contribution in [0.25, 0.3) is 11.1 Å². The lowest BCUT2D eigenvalue weighted by Crippen LogP contribution is -2.12. The molecule has 50 heavy (non-hydrogen) atoms. The number of aryl methyl sites for hydroxylation is 2. The van der Waals surface area contributed by atoms with E-state index in [0.717, 1.165) is 60.9 Å². The Hall–Kier alpha value is -3.52. The van der Waals surface area contributed by atoms with Gasteiger partial charge in [-0.25, -0.2) is 0 Å². The number of ether oxygens (including phenoxy) is 2. The van der Waals surface area contributed by atoms with Crippen molar-refractivity contribution in [2.75, 3.05) is 0 Å². The molecule has 4 aromatic rings. The van der Waals surface area contributed by atoms with Gasteiger partial charge >= 0.3 is 0 Å². The van der Waals surface area contributed by atoms with Gasteiger partial charge in [0.2, 0.25) is 0 Å². The fraction of sp³-hybridized carbons (Fsp3) is 0.500. The molecule has 262 valence electrons. The van der Waals surface area contributed by atoms with Crippen molar-refractivity contribution in [3.63, 3.8) is 0 Å². The van der Waals surface area contributed by atoms with Gasteiger partial charge in [-0.1, -0.05) is 100 Å². The van der Waals surface area contributed by atoms with E-state index in [9.17, 15) is 0 Å². The standard InChI is InChI=1S/C48H58O2/c1-33-11-19-37(20-12-33)39-23-15-35(16-24-39)31-49-45-29-27-41-7-3-5-9-43(41)47(45)48-44-10-6-4-8-42(44)28-30-46(48)50-32-36-17-25-40(26-18-36)38-21-13-34(2)14-22-38/h15-18,23-30,33-34,37-38H,3-14,19-22,31-32H2,1-2H3. The van der Waals surface area contributed by atoms with E-state index in [-0.39, 0.29) is 0 Å². The molecule has 2 nitrogen and oxygen atoms in total. The second-order valence-electron chi connectivity index (χ2n) is 16.5. The van der Waals surface area contributed by atoms with Gasteiger partial charge in [-0.2, -0.15) is 0 Å². The summed E-state index contributed by atoms with van der Waals surface area (Å²) in [5.74, 6) is 5.24. The number of rotatable bonds is 9. The van der Waals surface area contributed by atoms with Crippen LogP contribution in [0, 0.1) is 11.8 Å². The zero-order valence-corrected chi connectivity index (χ0v) is 30.8. The molecule has 0 atom stereocenters. The van der Waals surface area contributed by atoms with E-state index in [2.05, 4.69) is 86.6 Å². The Morgan fingerprint density at radius 2 is 0.820 bits per heavy atom. The summed E-state index contributed by atoms with van der Waals surface area (Å²) in [6, 6.07) is 28.0. The van der Waals surface area contributed by atoms with E-state index in [1.807, 2.05) is 0 Å². The maximum Gasteiger partial charge on any atom is 0.128 e. The summed E-state index contributed by atoms with van der Waals surface area (Å²) in [5, 5.41) is 0. The molecular weight excluding hydrogens is 609 g/mol. The molecule has 0 N–H and O–H groups in total. The molecule has 0 saturated heterocycles. The minimum atomic E-state index is 0.589. The largest absolute Gasteiger partial charge is 0.488 e. The lowest BCUT2D eigenvalue weighted by Gasteiger charge is -2.28. The van der Waals surface area contributed by atoms with E-state index in [1.54, 1.807) is 0 Å². The molecule has 0 unspecified atom stereocenters. The zero-order valence-electron chi connectivity index (χ0n) is 30.8. The van der Waals surface area contributed by atoms with Gasteiger partial charge in [0.15, 0.2) is 0 Å². The summed E-state index contributed by atoms with van der Waals surface area (Å²) in [6.07, 6.45) is 20.3. The Labute approximate surface area is 302 Å². The van der Waals surface area contributed by atoms with Crippen LogP contribution in [0.2, 0.25) is 0 Å². The Balaban J connectivity index is 1.07. The van der Waals surface area contributed by atoms with Crippen LogP contribution in [0.15, 0.2) is 72.8 Å². The van der Waals surface area contributed by atoms with Crippen LogP contribution in [-0.2, 0) is 38.9 Å². The van der Waals surface area contributed by atoms with Gasteiger partial charge in [0.25, 0.3) is 0 Å². The fourth-order valence-electron chi connectivity index (χ4n) is 9.68. The van der Waals surface area contributed by atoms with Crippen molar-refractivity contribution in [3.8, 4) is 22.6 Å². The number of benzene rings is 4. The van der Waals surface area contributed by atoms with Crippen LogP contribution in [0.4, 0.5) is 0 Å². The predicted octanol–water partition coefficient (Wildman–Crippen LogP) is 12.9. The fourth-order valence-corrected chi connectivity index (χ4v) is 9.68. The molecule has 0 aliphatic heterocycles. The second kappa shape index (κ2) is 15.4. The van der Waals surface area contributed by atoms with Gasteiger partial charge < -0.3 is 9.47 Å². The monoisotopic (exact) mass is 666 g/mol. The lowest BCUT2D eigenvalue weighted by molar-refractivity contribution is 0.302. The number of hydrogen-bond donors (Lipinski definition) is 0. The third-order valence-electron chi connectivity index (χ3n) is 13.0. The summed E-state index contributed by atoms with van der Waals surface area (Å²) >= 11 is 0. The predicted molar refractivity (Wildman–Crippen MR) is 207 cm³/mol. The summed E-state index contributed by atoms with van der Waals surface area (Å²) in [6.45, 7) is 5.99. The van der Waals surface area contributed by atoms with Gasteiger partial charge in [0, 0.05) is 11.1 Å². The van der Waals surface area contributed by atoms with Crippen LogP contribution in [0.5, 0.6) is 11.5 Å². The molecule has 0 heterocycles. The quantitative estimate of drug-likeness (QED) is 0.177. The molecule has 4 aromatic carbocycles. The first-order chi connectivity index (χ1) is 24.6. The van der Waals surface area contributed by atoms with Gasteiger partial charge in [-0.15, -0.1) is 0 Å². The van der Waals surface area contributed by atoms with Crippen molar-refractivity contribution in [3.05, 3.63) is 117 Å². The maximum atomic E-state index is 6.87. The molecule has 0 amide bonds. The minimum Gasteiger partial charge on any atom is -0.488 e. The van der Waals surface area contributed by atoms with E-state index in [1.165, 1.54) is 133 Å². The summed E-state index contributed by atoms with van der Waals surface area (Å²) in [4.78, 5) is 0. The molecule has 4 aliphatic carbocycles. The third kappa shape index (κ3) is 7.42. The smallest absolute Gasteiger partial charge is 0.128 e. The molecule has 8 rings (SSSR count). The topological polar surface area (TPSA) is 18.5 Å². The van der Waals surface area contributed by atoms with Crippen molar-refractivity contribution in [2.45, 2.75) is 142 Å². The Morgan fingerprint density at radius 3 is 1.22 bits per heavy atom. The SMILES string of the molecule is CC1CCC(c2ccc(COc3ccc4c(c3-c3c(OCc5ccc(C6CCC(C)CC6)cc5)ccc5c3CCCC5)CCCC4)cc2)CC1. The second-order valence-corrected chi connectivity index (χ2v) is 16.5. The highest BCUT2D eigenvalue weighted by Crippen LogP contribution is 2.47. The van der Waals surface area contributed by atoms with E-state index in [0.29, 0.717) is 13.2 Å². The Bertz CT molecular complexity index is 1600. The van der Waals surface area contributed by atoms with Crippen LogP contribution in [0.1, 0.15) is 147 Å². The maximum absolute atomic E-state index is 6.87. The third-order valence-corrected chi connectivity index (χ3v) is 13.0. The number of fused-ring (bicyclic) bond motifs is 2.